The summed E-state index contributed by atoms with van der Waals surface area (Å²) in [5.74, 6) is 0. The number of thiophene rings is 1. The highest BCUT2D eigenvalue weighted by Gasteiger charge is 2.44. The van der Waals surface area contributed by atoms with Crippen molar-refractivity contribution in [2.24, 2.45) is 5.41 Å². The first-order valence-electron chi connectivity index (χ1n) is 6.40. The maximum atomic E-state index is 12.7. The molecule has 2 saturated heterocycles. The van der Waals surface area contributed by atoms with Gasteiger partial charge in [0, 0.05) is 24.5 Å². The lowest BCUT2D eigenvalue weighted by Gasteiger charge is -2.22. The zero-order valence-corrected chi connectivity index (χ0v) is 14.0. The van der Waals surface area contributed by atoms with Crippen LogP contribution < -0.4 is 5.32 Å². The second-order valence-corrected chi connectivity index (χ2v) is 10.0. The highest BCUT2D eigenvalue weighted by molar-refractivity contribution is 9.11. The smallest absolute Gasteiger partial charge is 0.244 e. The molecule has 19 heavy (non-hydrogen) atoms. The van der Waals surface area contributed by atoms with Gasteiger partial charge in [-0.3, -0.25) is 0 Å². The van der Waals surface area contributed by atoms with Crippen LogP contribution >= 0.6 is 27.3 Å². The molecule has 4 nitrogen and oxygen atoms in total. The maximum absolute atomic E-state index is 12.7. The van der Waals surface area contributed by atoms with Gasteiger partial charge in [0.15, 0.2) is 0 Å². The first kappa shape index (κ1) is 14.0. The molecule has 0 amide bonds. The third-order valence-electron chi connectivity index (χ3n) is 4.20. The van der Waals surface area contributed by atoms with Gasteiger partial charge in [-0.05, 0) is 53.7 Å². The van der Waals surface area contributed by atoms with Gasteiger partial charge in [0.1, 0.15) is 0 Å². The molecule has 3 heterocycles. The van der Waals surface area contributed by atoms with Gasteiger partial charge < -0.3 is 5.32 Å². The van der Waals surface area contributed by atoms with E-state index in [4.69, 9.17) is 0 Å². The summed E-state index contributed by atoms with van der Waals surface area (Å²) in [4.78, 5) is 1.32. The second-order valence-electron chi connectivity index (χ2n) is 5.49. The van der Waals surface area contributed by atoms with Crippen molar-refractivity contribution in [3.8, 4) is 0 Å². The predicted octanol–water partition coefficient (Wildman–Crippen LogP) is 2.19. The Labute approximate surface area is 126 Å². The van der Waals surface area contributed by atoms with Gasteiger partial charge in [-0.25, -0.2) is 8.42 Å². The molecule has 1 aromatic rings. The summed E-state index contributed by atoms with van der Waals surface area (Å²) in [5.41, 5.74) is 0.175. The van der Waals surface area contributed by atoms with Crippen LogP contribution in [-0.4, -0.2) is 38.9 Å². The van der Waals surface area contributed by atoms with Crippen molar-refractivity contribution in [1.29, 1.82) is 0 Å². The average molecular weight is 365 g/mol. The van der Waals surface area contributed by atoms with Crippen molar-refractivity contribution in [2.45, 2.75) is 24.7 Å². The number of nitrogens with one attached hydrogen (secondary N) is 1. The van der Waals surface area contributed by atoms with Gasteiger partial charge in [-0.2, -0.15) is 4.31 Å². The monoisotopic (exact) mass is 364 g/mol. The molecule has 0 aromatic carbocycles. The fourth-order valence-corrected chi connectivity index (χ4v) is 7.01. The molecule has 106 valence electrons. The number of sulfonamides is 1. The number of hydrogen-bond donors (Lipinski definition) is 1. The summed E-state index contributed by atoms with van der Waals surface area (Å²) in [7, 11) is -3.33. The molecule has 1 atom stereocenters. The summed E-state index contributed by atoms with van der Waals surface area (Å²) < 4.78 is 27.9. The van der Waals surface area contributed by atoms with Crippen LogP contribution in [0.4, 0.5) is 0 Å². The lowest BCUT2D eigenvalue weighted by molar-refractivity contribution is 0.338. The Morgan fingerprint density at radius 1 is 1.47 bits per heavy atom. The van der Waals surface area contributed by atoms with Crippen LogP contribution in [0, 0.1) is 12.3 Å². The first-order chi connectivity index (χ1) is 8.93. The topological polar surface area (TPSA) is 49.4 Å². The molecule has 1 unspecified atom stereocenters. The van der Waals surface area contributed by atoms with E-state index in [1.54, 1.807) is 10.4 Å². The molecule has 2 aliphatic rings. The minimum absolute atomic E-state index is 0.175. The Kier molecular flexibility index (Phi) is 3.54. The number of halogens is 1. The molecule has 1 spiro atoms. The normalized spacial score (nSPS) is 28.5. The van der Waals surface area contributed by atoms with Gasteiger partial charge in [-0.15, -0.1) is 11.3 Å². The van der Waals surface area contributed by atoms with Crippen LogP contribution in [0.5, 0.6) is 0 Å². The van der Waals surface area contributed by atoms with Crippen molar-refractivity contribution < 1.29 is 8.42 Å². The van der Waals surface area contributed by atoms with Crippen molar-refractivity contribution >= 4 is 37.3 Å². The Balaban J connectivity index is 1.88. The van der Waals surface area contributed by atoms with Crippen molar-refractivity contribution in [3.05, 3.63) is 14.7 Å². The highest BCUT2D eigenvalue weighted by atomic mass is 79.9. The van der Waals surface area contributed by atoms with E-state index >= 15 is 0 Å². The first-order valence-corrected chi connectivity index (χ1v) is 9.45. The lowest BCUT2D eigenvalue weighted by atomic mass is 9.87. The zero-order valence-electron chi connectivity index (χ0n) is 10.8. The van der Waals surface area contributed by atoms with Crippen LogP contribution in [0.25, 0.3) is 0 Å². The minimum Gasteiger partial charge on any atom is -0.316 e. The SMILES string of the molecule is Cc1sc(Br)cc1S(=O)(=O)N1CCC2(CCNC2)C1. The Morgan fingerprint density at radius 2 is 2.26 bits per heavy atom. The van der Waals surface area contributed by atoms with Crippen molar-refractivity contribution in [2.75, 3.05) is 26.2 Å². The molecule has 1 N–H and O–H groups in total. The van der Waals surface area contributed by atoms with E-state index < -0.39 is 10.0 Å². The van der Waals surface area contributed by atoms with Crippen LogP contribution in [0.1, 0.15) is 17.7 Å². The number of hydrogen-bond acceptors (Lipinski definition) is 4. The summed E-state index contributed by atoms with van der Waals surface area (Å²) in [6.45, 7) is 5.14. The maximum Gasteiger partial charge on any atom is 0.244 e. The summed E-state index contributed by atoms with van der Waals surface area (Å²) in [6.07, 6.45) is 2.06. The Hall–Kier alpha value is 0.0500. The van der Waals surface area contributed by atoms with E-state index in [2.05, 4.69) is 21.2 Å². The summed E-state index contributed by atoms with van der Waals surface area (Å²) >= 11 is 4.85. The van der Waals surface area contributed by atoms with Gasteiger partial charge in [0.2, 0.25) is 10.0 Å². The zero-order chi connectivity index (χ0) is 13.7. The van der Waals surface area contributed by atoms with Gasteiger partial charge in [0.05, 0.1) is 8.68 Å². The van der Waals surface area contributed by atoms with Gasteiger partial charge in [0.25, 0.3) is 0 Å². The summed E-state index contributed by atoms with van der Waals surface area (Å²) in [5, 5.41) is 3.36. The van der Waals surface area contributed by atoms with E-state index in [0.29, 0.717) is 18.0 Å². The quantitative estimate of drug-likeness (QED) is 0.874. The summed E-state index contributed by atoms with van der Waals surface area (Å²) in [6, 6.07) is 1.73. The lowest BCUT2D eigenvalue weighted by Crippen LogP contribution is -2.33. The number of rotatable bonds is 2. The molecular formula is C12H17BrN2O2S2. The minimum atomic E-state index is -3.33. The predicted molar refractivity (Wildman–Crippen MR) is 80.1 cm³/mol. The number of aryl methyl sites for hydroxylation is 1. The van der Waals surface area contributed by atoms with Crippen LogP contribution in [0.2, 0.25) is 0 Å². The fourth-order valence-electron chi connectivity index (χ4n) is 3.07. The fraction of sp³-hybridized carbons (Fsp3) is 0.667. The van der Waals surface area contributed by atoms with Crippen molar-refractivity contribution in [1.82, 2.24) is 9.62 Å². The Morgan fingerprint density at radius 3 is 2.84 bits per heavy atom. The standard InChI is InChI=1S/C12H17BrN2O2S2/c1-9-10(6-11(13)18-9)19(16,17)15-5-3-12(8-15)2-4-14-7-12/h6,14H,2-5,7-8H2,1H3. The second kappa shape index (κ2) is 4.80. The van der Waals surface area contributed by atoms with Crippen LogP contribution in [0.15, 0.2) is 14.7 Å². The van der Waals surface area contributed by atoms with E-state index in [1.165, 1.54) is 11.3 Å². The molecule has 2 fully saturated rings. The van der Waals surface area contributed by atoms with Crippen LogP contribution in [-0.2, 0) is 10.0 Å². The molecular weight excluding hydrogens is 348 g/mol. The number of nitrogens with zero attached hydrogens (tertiary/aromatic N) is 1. The van der Waals surface area contributed by atoms with E-state index in [9.17, 15) is 8.42 Å². The molecule has 0 aliphatic carbocycles. The van der Waals surface area contributed by atoms with Crippen LogP contribution in [0.3, 0.4) is 0 Å². The molecule has 2 aliphatic heterocycles. The largest absolute Gasteiger partial charge is 0.316 e. The van der Waals surface area contributed by atoms with Gasteiger partial charge in [-0.1, -0.05) is 0 Å². The van der Waals surface area contributed by atoms with E-state index in [-0.39, 0.29) is 5.41 Å². The van der Waals surface area contributed by atoms with Gasteiger partial charge >= 0.3 is 0 Å². The molecule has 3 rings (SSSR count). The van der Waals surface area contributed by atoms with E-state index in [1.807, 2.05) is 6.92 Å². The van der Waals surface area contributed by atoms with E-state index in [0.717, 1.165) is 34.6 Å². The van der Waals surface area contributed by atoms with Crippen molar-refractivity contribution in [3.63, 3.8) is 0 Å². The molecule has 0 radical (unpaired) electrons. The average Bonchev–Trinajstić information content (AvgIpc) is 3.03. The molecule has 1 aromatic heterocycles. The highest BCUT2D eigenvalue weighted by Crippen LogP contribution is 2.40. The Bertz CT molecular complexity index is 591. The molecule has 0 bridgehead atoms. The third kappa shape index (κ3) is 2.40. The third-order valence-corrected chi connectivity index (χ3v) is 7.85. The molecule has 0 saturated carbocycles. The molecule has 7 heteroatoms.